The van der Waals surface area contributed by atoms with Crippen molar-refractivity contribution in [2.24, 2.45) is 5.73 Å². The van der Waals surface area contributed by atoms with Gasteiger partial charge in [-0.2, -0.15) is 0 Å². The second-order valence-corrected chi connectivity index (χ2v) is 16.4. The van der Waals surface area contributed by atoms with E-state index < -0.39 is 20.5 Å². The van der Waals surface area contributed by atoms with Crippen LogP contribution in [-0.4, -0.2) is 48.9 Å². The number of ether oxygens (including phenoxy) is 2. The van der Waals surface area contributed by atoms with Crippen LogP contribution in [-0.2, 0) is 13.9 Å². The number of aryl methyl sites for hydroxylation is 2. The highest BCUT2D eigenvalue weighted by Crippen LogP contribution is 2.41. The quantitative estimate of drug-likeness (QED) is 0.328. The first kappa shape index (κ1) is 27.3. The lowest BCUT2D eigenvalue weighted by molar-refractivity contribution is 0.00315. The summed E-state index contributed by atoms with van der Waals surface area (Å²) in [7, 11) is -0.232. The first-order valence-electron chi connectivity index (χ1n) is 12.9. The van der Waals surface area contributed by atoms with Gasteiger partial charge in [-0.05, 0) is 62.5 Å². The summed E-state index contributed by atoms with van der Waals surface area (Å²) < 4.78 is 25.2. The van der Waals surface area contributed by atoms with Gasteiger partial charge in [0.05, 0.1) is 22.8 Å². The number of benzene rings is 1. The Hall–Kier alpha value is -2.69. The minimum Gasteiger partial charge on any atom is -0.438 e. The van der Waals surface area contributed by atoms with Gasteiger partial charge in [0, 0.05) is 31.7 Å². The number of aromatic nitrogens is 3. The zero-order valence-electron chi connectivity index (χ0n) is 23.3. The Balaban J connectivity index is 1.73. The van der Waals surface area contributed by atoms with E-state index in [4.69, 9.17) is 29.1 Å². The van der Waals surface area contributed by atoms with Crippen molar-refractivity contribution in [2.45, 2.75) is 90.3 Å². The molecule has 2 heterocycles. The van der Waals surface area contributed by atoms with Crippen molar-refractivity contribution in [3.63, 3.8) is 0 Å². The predicted molar refractivity (Wildman–Crippen MR) is 145 cm³/mol. The minimum absolute atomic E-state index is 0.0793. The van der Waals surface area contributed by atoms with E-state index in [0.717, 1.165) is 46.5 Å². The Bertz CT molecular complexity index is 1250. The molecule has 1 aliphatic carbocycles. The summed E-state index contributed by atoms with van der Waals surface area (Å²) in [6.45, 7) is 15.3. The number of hydrogen-bond acceptors (Lipinski definition) is 7. The third-order valence-corrected chi connectivity index (χ3v) is 12.5. The molecule has 1 aromatic carbocycles. The number of hydrogen-bond donors (Lipinski definition) is 1. The molecule has 1 aliphatic rings. The minimum atomic E-state index is -1.97. The van der Waals surface area contributed by atoms with Crippen LogP contribution >= 0.6 is 0 Å². The van der Waals surface area contributed by atoms with Crippen molar-refractivity contribution in [3.05, 3.63) is 35.5 Å². The second kappa shape index (κ2) is 10.2. The number of primary amides is 1. The van der Waals surface area contributed by atoms with Crippen LogP contribution in [0.1, 0.15) is 69.5 Å². The number of imidazole rings is 1. The van der Waals surface area contributed by atoms with Gasteiger partial charge in [-0.1, -0.05) is 32.0 Å². The maximum atomic E-state index is 12.0. The van der Waals surface area contributed by atoms with Crippen LogP contribution in [0, 0.1) is 13.8 Å². The van der Waals surface area contributed by atoms with Crippen LogP contribution in [0.15, 0.2) is 22.7 Å². The van der Waals surface area contributed by atoms with Gasteiger partial charge in [0.25, 0.3) is 0 Å². The monoisotopic (exact) mass is 528 g/mol. The third kappa shape index (κ3) is 5.46. The summed E-state index contributed by atoms with van der Waals surface area (Å²) in [5.41, 5.74) is 10.1. The number of nitrogens with two attached hydrogens (primary N) is 1. The van der Waals surface area contributed by atoms with Gasteiger partial charge in [0.15, 0.2) is 20.2 Å². The fourth-order valence-corrected chi connectivity index (χ4v) is 5.80. The van der Waals surface area contributed by atoms with Gasteiger partial charge in [0.2, 0.25) is 0 Å². The molecule has 1 saturated carbocycles. The molecule has 2 aromatic heterocycles. The fraction of sp³-hybridized carbons (Fsp3) is 0.593. The van der Waals surface area contributed by atoms with Crippen LogP contribution in [0.2, 0.25) is 18.1 Å². The van der Waals surface area contributed by atoms with E-state index in [2.05, 4.69) is 55.7 Å². The van der Waals surface area contributed by atoms with Gasteiger partial charge >= 0.3 is 6.09 Å². The molecule has 1 atom stereocenters. The second-order valence-electron chi connectivity index (χ2n) is 11.5. The molecule has 2 N–H and O–H groups in total. The Morgan fingerprint density at radius 3 is 2.54 bits per heavy atom. The number of fused-ring (bicyclic) bond motifs is 1. The maximum absolute atomic E-state index is 12.0. The summed E-state index contributed by atoms with van der Waals surface area (Å²) in [6.07, 6.45) is 0.953. The Kier molecular flexibility index (Phi) is 7.56. The molecule has 202 valence electrons. The largest absolute Gasteiger partial charge is 0.438 e. The fourth-order valence-electron chi connectivity index (χ4n) is 4.74. The standard InChI is InChI=1S/C27H40N4O5Si/c1-16-24(17(2)36-30-16)18-9-10-22-21(13-18)29-25(31(22)19-14-20(15-19)33-6)23(35-26(28)32)11-12-34-37(7,8)27(3,4)5/h9-10,13,19-20,23H,11-12,14-15H2,1-8H3,(H2,28,32)/t19?,20?,23-/m0/s1. The van der Waals surface area contributed by atoms with Gasteiger partial charge in [-0.15, -0.1) is 0 Å². The average molecular weight is 529 g/mol. The van der Waals surface area contributed by atoms with E-state index in [-0.39, 0.29) is 17.2 Å². The smallest absolute Gasteiger partial charge is 0.405 e. The third-order valence-electron chi connectivity index (χ3n) is 8.00. The first-order chi connectivity index (χ1) is 17.3. The van der Waals surface area contributed by atoms with Crippen molar-refractivity contribution in [1.82, 2.24) is 14.7 Å². The van der Waals surface area contributed by atoms with Crippen molar-refractivity contribution >= 4 is 25.4 Å². The van der Waals surface area contributed by atoms with E-state index in [1.54, 1.807) is 7.11 Å². The van der Waals surface area contributed by atoms with Crippen LogP contribution in [0.25, 0.3) is 22.2 Å². The van der Waals surface area contributed by atoms with E-state index in [0.29, 0.717) is 18.9 Å². The lowest BCUT2D eigenvalue weighted by atomic mass is 9.88. The topological polar surface area (TPSA) is 115 Å². The van der Waals surface area contributed by atoms with Crippen LogP contribution in [0.5, 0.6) is 0 Å². The molecule has 9 nitrogen and oxygen atoms in total. The molecule has 3 aromatic rings. The van der Waals surface area contributed by atoms with E-state index in [1.807, 2.05) is 19.9 Å². The number of rotatable bonds is 9. The Morgan fingerprint density at radius 2 is 1.97 bits per heavy atom. The van der Waals surface area contributed by atoms with Crippen LogP contribution in [0.4, 0.5) is 4.79 Å². The summed E-state index contributed by atoms with van der Waals surface area (Å²) in [6, 6.07) is 6.37. The van der Waals surface area contributed by atoms with Crippen molar-refractivity contribution in [2.75, 3.05) is 13.7 Å². The molecule has 37 heavy (non-hydrogen) atoms. The number of methoxy groups -OCH3 is 1. The highest BCUT2D eigenvalue weighted by atomic mass is 28.4. The maximum Gasteiger partial charge on any atom is 0.405 e. The Morgan fingerprint density at radius 1 is 1.27 bits per heavy atom. The van der Waals surface area contributed by atoms with Gasteiger partial charge < -0.3 is 28.7 Å². The summed E-state index contributed by atoms with van der Waals surface area (Å²) in [4.78, 5) is 17.0. The molecular formula is C27H40N4O5Si. The van der Waals surface area contributed by atoms with Gasteiger partial charge in [-0.3, -0.25) is 0 Å². The van der Waals surface area contributed by atoms with Crippen molar-refractivity contribution in [3.8, 4) is 11.1 Å². The molecular weight excluding hydrogens is 488 g/mol. The number of carbonyl (C=O) groups is 1. The molecule has 0 aliphatic heterocycles. The normalized spacial score (nSPS) is 19.1. The van der Waals surface area contributed by atoms with E-state index >= 15 is 0 Å². The molecule has 0 radical (unpaired) electrons. The molecule has 10 heteroatoms. The Labute approximate surface area is 219 Å². The predicted octanol–water partition coefficient (Wildman–Crippen LogP) is 6.21. The number of nitrogens with zero attached hydrogens (tertiary/aromatic N) is 3. The first-order valence-corrected chi connectivity index (χ1v) is 15.8. The zero-order chi connectivity index (χ0) is 27.1. The zero-order valence-corrected chi connectivity index (χ0v) is 24.3. The molecule has 0 bridgehead atoms. The lowest BCUT2D eigenvalue weighted by Gasteiger charge is -2.37. The molecule has 4 rings (SSSR count). The van der Waals surface area contributed by atoms with Crippen molar-refractivity contribution in [1.29, 1.82) is 0 Å². The molecule has 0 spiro atoms. The van der Waals surface area contributed by atoms with Gasteiger partial charge in [0.1, 0.15) is 5.76 Å². The SMILES string of the molecule is COC1CC(n2c([C@H](CCO[Si](C)(C)C(C)(C)C)OC(N)=O)nc3cc(-c4c(C)noc4C)ccc32)C1. The number of carbonyl (C=O) groups excluding carboxylic acids is 1. The van der Waals surface area contributed by atoms with E-state index in [1.165, 1.54) is 0 Å². The summed E-state index contributed by atoms with van der Waals surface area (Å²) in [5, 5.41) is 4.18. The molecule has 1 fully saturated rings. The highest BCUT2D eigenvalue weighted by molar-refractivity contribution is 6.74. The van der Waals surface area contributed by atoms with Gasteiger partial charge in [-0.25, -0.2) is 9.78 Å². The van der Waals surface area contributed by atoms with Crippen molar-refractivity contribution < 1.29 is 23.2 Å². The van der Waals surface area contributed by atoms with E-state index in [9.17, 15) is 4.79 Å². The van der Waals surface area contributed by atoms with Crippen LogP contribution < -0.4 is 5.73 Å². The highest BCUT2D eigenvalue weighted by Gasteiger charge is 2.38. The molecule has 0 unspecified atom stereocenters. The molecule has 1 amide bonds. The van der Waals surface area contributed by atoms with Crippen LogP contribution in [0.3, 0.4) is 0 Å². The number of amides is 1. The lowest BCUT2D eigenvalue weighted by Crippen LogP contribution is -2.41. The average Bonchev–Trinajstić information content (AvgIpc) is 3.30. The molecule has 0 saturated heterocycles. The summed E-state index contributed by atoms with van der Waals surface area (Å²) >= 11 is 0. The summed E-state index contributed by atoms with van der Waals surface area (Å²) in [5.74, 6) is 1.44.